The molecule has 0 radical (unpaired) electrons. The van der Waals surface area contributed by atoms with Gasteiger partial charge >= 0.3 is 5.97 Å². The third-order valence-electron chi connectivity index (χ3n) is 3.61. The highest BCUT2D eigenvalue weighted by Crippen LogP contribution is 2.18. The van der Waals surface area contributed by atoms with Gasteiger partial charge in [-0.1, -0.05) is 64.7 Å². The number of aliphatic carboxylic acids is 1. The predicted octanol–water partition coefficient (Wildman–Crippen LogP) is 4.59. The van der Waals surface area contributed by atoms with E-state index in [2.05, 4.69) is 6.92 Å². The summed E-state index contributed by atoms with van der Waals surface area (Å²) in [4.78, 5) is 21.1. The van der Waals surface area contributed by atoms with Crippen molar-refractivity contribution in [3.05, 3.63) is 0 Å². The van der Waals surface area contributed by atoms with Gasteiger partial charge < -0.3 is 9.90 Å². The van der Waals surface area contributed by atoms with Gasteiger partial charge in [0.2, 0.25) is 0 Å². The van der Waals surface area contributed by atoms with Gasteiger partial charge in [0.25, 0.3) is 0 Å². The topological polar surface area (TPSA) is 54.4 Å². The number of aldehydes is 1. The van der Waals surface area contributed by atoms with Crippen LogP contribution in [0.5, 0.6) is 0 Å². The summed E-state index contributed by atoms with van der Waals surface area (Å²) in [6.07, 6.45) is 13.7. The van der Waals surface area contributed by atoms with Crippen molar-refractivity contribution in [3.8, 4) is 0 Å². The first-order valence-electron chi connectivity index (χ1n) is 7.86. The van der Waals surface area contributed by atoms with Crippen molar-refractivity contribution in [2.75, 3.05) is 0 Å². The summed E-state index contributed by atoms with van der Waals surface area (Å²) < 4.78 is 0. The van der Waals surface area contributed by atoms with E-state index in [0.29, 0.717) is 6.42 Å². The number of rotatable bonds is 14. The number of carboxylic acid groups (broad SMARTS) is 1. The average Bonchev–Trinajstić information content (AvgIpc) is 2.36. The number of carboxylic acids is 1. The lowest BCUT2D eigenvalue weighted by Crippen LogP contribution is -2.08. The summed E-state index contributed by atoms with van der Waals surface area (Å²) in [5, 5.41) is 8.74. The minimum absolute atomic E-state index is 0.0413. The van der Waals surface area contributed by atoms with Crippen LogP contribution in [0.2, 0.25) is 0 Å². The molecule has 1 unspecified atom stereocenters. The molecular weight excluding hydrogens is 240 g/mol. The lowest BCUT2D eigenvalue weighted by molar-refractivity contribution is -0.138. The second-order valence-electron chi connectivity index (χ2n) is 5.48. The number of carbonyl (C=O) groups is 2. The van der Waals surface area contributed by atoms with Crippen molar-refractivity contribution >= 4 is 12.3 Å². The molecule has 0 fully saturated rings. The Morgan fingerprint density at radius 2 is 1.53 bits per heavy atom. The summed E-state index contributed by atoms with van der Waals surface area (Å²) in [6, 6.07) is 0. The van der Waals surface area contributed by atoms with E-state index in [9.17, 15) is 9.59 Å². The van der Waals surface area contributed by atoms with Crippen LogP contribution in [-0.4, -0.2) is 17.4 Å². The number of hydrogen-bond acceptors (Lipinski definition) is 2. The smallest absolute Gasteiger partial charge is 0.303 e. The molecule has 0 saturated heterocycles. The predicted molar refractivity (Wildman–Crippen MR) is 78.3 cm³/mol. The summed E-state index contributed by atoms with van der Waals surface area (Å²) in [5.74, 6) is -0.748. The van der Waals surface area contributed by atoms with Gasteiger partial charge in [-0.05, 0) is 12.3 Å². The molecule has 0 bridgehead atoms. The third kappa shape index (κ3) is 13.4. The van der Waals surface area contributed by atoms with Crippen LogP contribution in [0.3, 0.4) is 0 Å². The summed E-state index contributed by atoms with van der Waals surface area (Å²) in [5.41, 5.74) is 0. The van der Waals surface area contributed by atoms with Crippen molar-refractivity contribution in [2.24, 2.45) is 5.92 Å². The summed E-state index contributed by atoms with van der Waals surface area (Å²) in [6.45, 7) is 2.23. The van der Waals surface area contributed by atoms with Crippen molar-refractivity contribution in [1.82, 2.24) is 0 Å². The minimum atomic E-state index is -0.789. The van der Waals surface area contributed by atoms with E-state index in [1.807, 2.05) is 0 Å². The van der Waals surface area contributed by atoms with Crippen LogP contribution in [0.15, 0.2) is 0 Å². The molecule has 0 amide bonds. The molecule has 0 spiro atoms. The highest BCUT2D eigenvalue weighted by molar-refractivity contribution is 5.67. The zero-order chi connectivity index (χ0) is 14.3. The van der Waals surface area contributed by atoms with Crippen LogP contribution in [0.1, 0.15) is 84.0 Å². The fourth-order valence-electron chi connectivity index (χ4n) is 2.43. The van der Waals surface area contributed by atoms with Crippen LogP contribution >= 0.6 is 0 Å². The van der Waals surface area contributed by atoms with Gasteiger partial charge in [0.05, 0.1) is 0 Å². The third-order valence-corrected chi connectivity index (χ3v) is 3.61. The van der Waals surface area contributed by atoms with Crippen molar-refractivity contribution < 1.29 is 14.7 Å². The Balaban J connectivity index is 3.39. The SMILES string of the molecule is CCCCCCCCCCCC(CC=O)CC(=O)O. The zero-order valence-corrected chi connectivity index (χ0v) is 12.4. The molecule has 112 valence electrons. The Morgan fingerprint density at radius 1 is 1.00 bits per heavy atom. The first kappa shape index (κ1) is 18.1. The summed E-state index contributed by atoms with van der Waals surface area (Å²) in [7, 11) is 0. The first-order valence-corrected chi connectivity index (χ1v) is 7.86. The van der Waals surface area contributed by atoms with Crippen LogP contribution < -0.4 is 0 Å². The van der Waals surface area contributed by atoms with E-state index in [4.69, 9.17) is 5.11 Å². The largest absolute Gasteiger partial charge is 0.481 e. The lowest BCUT2D eigenvalue weighted by Gasteiger charge is -2.11. The molecule has 0 saturated carbocycles. The van der Waals surface area contributed by atoms with Gasteiger partial charge in [-0.25, -0.2) is 0 Å². The fourth-order valence-corrected chi connectivity index (χ4v) is 2.43. The van der Waals surface area contributed by atoms with Gasteiger partial charge in [-0.2, -0.15) is 0 Å². The highest BCUT2D eigenvalue weighted by atomic mass is 16.4. The molecule has 1 N–H and O–H groups in total. The Hall–Kier alpha value is -0.860. The number of unbranched alkanes of at least 4 members (excludes halogenated alkanes) is 8. The Bertz CT molecular complexity index is 226. The maximum absolute atomic E-state index is 10.6. The molecule has 0 aromatic heterocycles. The standard InChI is InChI=1S/C16H30O3/c1-2-3-4-5-6-7-8-9-10-11-15(12-13-17)14-16(18)19/h13,15H,2-12,14H2,1H3,(H,18,19). The van der Waals surface area contributed by atoms with Gasteiger partial charge in [-0.3, -0.25) is 4.79 Å². The normalized spacial score (nSPS) is 12.3. The molecule has 19 heavy (non-hydrogen) atoms. The van der Waals surface area contributed by atoms with E-state index in [-0.39, 0.29) is 12.3 Å². The monoisotopic (exact) mass is 270 g/mol. The second-order valence-corrected chi connectivity index (χ2v) is 5.48. The highest BCUT2D eigenvalue weighted by Gasteiger charge is 2.12. The molecule has 0 aliphatic rings. The van der Waals surface area contributed by atoms with E-state index >= 15 is 0 Å². The molecule has 0 heterocycles. The zero-order valence-electron chi connectivity index (χ0n) is 12.4. The van der Waals surface area contributed by atoms with E-state index in [1.54, 1.807) is 0 Å². The molecule has 3 heteroatoms. The maximum Gasteiger partial charge on any atom is 0.303 e. The second kappa shape index (κ2) is 13.6. The van der Waals surface area contributed by atoms with E-state index < -0.39 is 5.97 Å². The Labute approximate surface area is 117 Å². The van der Waals surface area contributed by atoms with Crippen LogP contribution in [-0.2, 0) is 9.59 Å². The van der Waals surface area contributed by atoms with Crippen LogP contribution in [0.25, 0.3) is 0 Å². The van der Waals surface area contributed by atoms with Gasteiger partial charge in [0.1, 0.15) is 6.29 Å². The minimum Gasteiger partial charge on any atom is -0.481 e. The maximum atomic E-state index is 10.6. The molecular formula is C16H30O3. The Kier molecular flexibility index (Phi) is 13.0. The molecule has 0 rings (SSSR count). The van der Waals surface area contributed by atoms with Crippen molar-refractivity contribution in [3.63, 3.8) is 0 Å². The van der Waals surface area contributed by atoms with Crippen LogP contribution in [0, 0.1) is 5.92 Å². The Morgan fingerprint density at radius 3 is 2.00 bits per heavy atom. The molecule has 3 nitrogen and oxygen atoms in total. The molecule has 0 aromatic rings. The van der Waals surface area contributed by atoms with Crippen molar-refractivity contribution in [2.45, 2.75) is 84.0 Å². The number of carbonyl (C=O) groups excluding carboxylic acids is 1. The van der Waals surface area contributed by atoms with Crippen molar-refractivity contribution in [1.29, 1.82) is 0 Å². The van der Waals surface area contributed by atoms with Gasteiger partial charge in [0.15, 0.2) is 0 Å². The first-order chi connectivity index (χ1) is 9.20. The summed E-state index contributed by atoms with van der Waals surface area (Å²) >= 11 is 0. The molecule has 0 aliphatic heterocycles. The molecule has 0 aromatic carbocycles. The molecule has 0 aliphatic carbocycles. The van der Waals surface area contributed by atoms with E-state index in [1.165, 1.54) is 51.4 Å². The van der Waals surface area contributed by atoms with Crippen LogP contribution in [0.4, 0.5) is 0 Å². The van der Waals surface area contributed by atoms with Gasteiger partial charge in [0, 0.05) is 12.8 Å². The number of hydrogen-bond donors (Lipinski definition) is 1. The fraction of sp³-hybridized carbons (Fsp3) is 0.875. The lowest BCUT2D eigenvalue weighted by atomic mass is 9.94. The molecule has 1 atom stereocenters. The van der Waals surface area contributed by atoms with E-state index in [0.717, 1.165) is 19.1 Å². The van der Waals surface area contributed by atoms with Gasteiger partial charge in [-0.15, -0.1) is 0 Å². The average molecular weight is 270 g/mol. The quantitative estimate of drug-likeness (QED) is 0.371.